The third-order valence-electron chi connectivity index (χ3n) is 3.12. The molecule has 2 rings (SSSR count). The number of nitrogens with zero attached hydrogens (tertiary/aromatic N) is 1. The number of hydrogen-bond donors (Lipinski definition) is 1. The van der Waals surface area contributed by atoms with Crippen molar-refractivity contribution in [1.82, 2.24) is 4.90 Å². The van der Waals surface area contributed by atoms with Gasteiger partial charge in [-0.25, -0.2) is 4.79 Å². The molecule has 1 aromatic rings. The molecule has 0 radical (unpaired) electrons. The van der Waals surface area contributed by atoms with Crippen molar-refractivity contribution < 1.29 is 27.9 Å². The van der Waals surface area contributed by atoms with Crippen molar-refractivity contribution in [3.05, 3.63) is 35.4 Å². The first-order chi connectivity index (χ1) is 9.71. The zero-order valence-electron chi connectivity index (χ0n) is 10.9. The lowest BCUT2D eigenvalue weighted by atomic mass is 10.1. The van der Waals surface area contributed by atoms with Gasteiger partial charge in [0.2, 0.25) is 0 Å². The number of alkyl halides is 3. The van der Waals surface area contributed by atoms with Gasteiger partial charge in [0.1, 0.15) is 11.4 Å². The molecule has 0 saturated carbocycles. The maximum Gasteiger partial charge on any atom is 0.471 e. The molecular weight excluding hydrogens is 307 g/mol. The zero-order chi connectivity index (χ0) is 15.8. The highest BCUT2D eigenvalue weighted by Crippen LogP contribution is 2.43. The molecule has 1 amide bonds. The summed E-state index contributed by atoms with van der Waals surface area (Å²) in [6.45, 7) is 1.82. The Kier molecular flexibility index (Phi) is 4.18. The van der Waals surface area contributed by atoms with Crippen LogP contribution in [-0.4, -0.2) is 39.9 Å². The number of thioether (sulfide) groups is 1. The van der Waals surface area contributed by atoms with Crippen LogP contribution in [0.1, 0.15) is 16.5 Å². The van der Waals surface area contributed by atoms with Crippen molar-refractivity contribution in [2.45, 2.75) is 24.5 Å². The van der Waals surface area contributed by atoms with Gasteiger partial charge in [-0.3, -0.25) is 4.79 Å². The van der Waals surface area contributed by atoms with Gasteiger partial charge in [-0.1, -0.05) is 29.8 Å². The number of rotatable bonds is 2. The fraction of sp³-hybridized carbons (Fsp3) is 0.385. The third-order valence-corrected chi connectivity index (χ3v) is 4.45. The molecule has 21 heavy (non-hydrogen) atoms. The standard InChI is InChI=1S/C13H12F3NO3S/c1-7-2-4-8(5-3-7)10-17(12(20)13(14,15)16)9(6-21-10)11(18)19/h2-5,9-10H,6H2,1H3,(H,18,19)/t9-,10+/m0/s1. The number of halogens is 3. The second kappa shape index (κ2) is 5.59. The van der Waals surface area contributed by atoms with Crippen molar-refractivity contribution in [3.63, 3.8) is 0 Å². The van der Waals surface area contributed by atoms with E-state index in [0.717, 1.165) is 17.3 Å². The minimum Gasteiger partial charge on any atom is -0.480 e. The molecule has 1 saturated heterocycles. The van der Waals surface area contributed by atoms with Crippen LogP contribution < -0.4 is 0 Å². The fourth-order valence-electron chi connectivity index (χ4n) is 2.08. The van der Waals surface area contributed by atoms with Gasteiger partial charge in [-0.2, -0.15) is 13.2 Å². The van der Waals surface area contributed by atoms with Crippen LogP contribution >= 0.6 is 11.8 Å². The number of amides is 1. The Balaban J connectivity index is 2.38. The van der Waals surface area contributed by atoms with Gasteiger partial charge in [0.15, 0.2) is 0 Å². The number of hydrogen-bond acceptors (Lipinski definition) is 3. The van der Waals surface area contributed by atoms with Gasteiger partial charge >= 0.3 is 18.1 Å². The Morgan fingerprint density at radius 1 is 1.29 bits per heavy atom. The van der Waals surface area contributed by atoms with E-state index in [1.807, 2.05) is 6.92 Å². The lowest BCUT2D eigenvalue weighted by Gasteiger charge is -2.28. The Morgan fingerprint density at radius 2 is 1.86 bits per heavy atom. The molecule has 0 aliphatic carbocycles. The average molecular weight is 319 g/mol. The molecular formula is C13H12F3NO3S. The van der Waals surface area contributed by atoms with Crippen molar-refractivity contribution >= 4 is 23.6 Å². The Hall–Kier alpha value is -1.70. The quantitative estimate of drug-likeness (QED) is 0.910. The summed E-state index contributed by atoms with van der Waals surface area (Å²) in [7, 11) is 0. The van der Waals surface area contributed by atoms with Crippen LogP contribution in [0, 0.1) is 6.92 Å². The Morgan fingerprint density at radius 3 is 2.33 bits per heavy atom. The molecule has 8 heteroatoms. The van der Waals surface area contributed by atoms with Crippen molar-refractivity contribution in [2.24, 2.45) is 0 Å². The second-order valence-corrected chi connectivity index (χ2v) is 5.77. The number of carboxylic acid groups (broad SMARTS) is 1. The monoisotopic (exact) mass is 319 g/mol. The number of carboxylic acids is 1. The molecule has 0 bridgehead atoms. The molecule has 1 fully saturated rings. The van der Waals surface area contributed by atoms with Gasteiger partial charge in [0.05, 0.1) is 0 Å². The first-order valence-corrected chi connectivity index (χ1v) is 7.07. The summed E-state index contributed by atoms with van der Waals surface area (Å²) >= 11 is 1.01. The summed E-state index contributed by atoms with van der Waals surface area (Å²) in [5.41, 5.74) is 1.40. The molecule has 2 atom stereocenters. The molecule has 4 nitrogen and oxygen atoms in total. The van der Waals surface area contributed by atoms with Crippen molar-refractivity contribution in [2.75, 3.05) is 5.75 Å². The van der Waals surface area contributed by atoms with E-state index in [0.29, 0.717) is 10.5 Å². The van der Waals surface area contributed by atoms with Crippen LogP contribution in [0.3, 0.4) is 0 Å². The maximum atomic E-state index is 12.7. The highest BCUT2D eigenvalue weighted by Gasteiger charge is 2.52. The van der Waals surface area contributed by atoms with Crippen LogP contribution in [0.15, 0.2) is 24.3 Å². The average Bonchev–Trinajstić information content (AvgIpc) is 2.82. The van der Waals surface area contributed by atoms with E-state index in [-0.39, 0.29) is 5.75 Å². The summed E-state index contributed by atoms with van der Waals surface area (Å²) in [5, 5.41) is 8.09. The summed E-state index contributed by atoms with van der Waals surface area (Å²) < 4.78 is 38.1. The lowest BCUT2D eigenvalue weighted by molar-refractivity contribution is -0.189. The molecule has 1 heterocycles. The van der Waals surface area contributed by atoms with Gasteiger partial charge in [-0.05, 0) is 12.5 Å². The molecule has 0 aromatic heterocycles. The van der Waals surface area contributed by atoms with Crippen LogP contribution in [0.4, 0.5) is 13.2 Å². The van der Waals surface area contributed by atoms with E-state index in [1.54, 1.807) is 24.3 Å². The van der Waals surface area contributed by atoms with Crippen molar-refractivity contribution in [3.8, 4) is 0 Å². The molecule has 0 spiro atoms. The van der Waals surface area contributed by atoms with Crippen LogP contribution in [0.5, 0.6) is 0 Å². The van der Waals surface area contributed by atoms with Crippen molar-refractivity contribution in [1.29, 1.82) is 0 Å². The largest absolute Gasteiger partial charge is 0.480 e. The van der Waals surface area contributed by atoms with Gasteiger partial charge < -0.3 is 10.0 Å². The zero-order valence-corrected chi connectivity index (χ0v) is 11.7. The molecule has 1 aliphatic rings. The van der Waals surface area contributed by atoms with Gasteiger partial charge in [0.25, 0.3) is 0 Å². The highest BCUT2D eigenvalue weighted by atomic mass is 32.2. The fourth-order valence-corrected chi connectivity index (χ4v) is 3.50. The van der Waals surface area contributed by atoms with E-state index in [2.05, 4.69) is 0 Å². The Bertz CT molecular complexity index is 559. The van der Waals surface area contributed by atoms with E-state index in [9.17, 15) is 22.8 Å². The number of aryl methyl sites for hydroxylation is 1. The predicted molar refractivity (Wildman–Crippen MR) is 70.7 cm³/mol. The van der Waals surface area contributed by atoms with E-state index >= 15 is 0 Å². The molecule has 0 unspecified atom stereocenters. The van der Waals surface area contributed by atoms with Crippen LogP contribution in [0.2, 0.25) is 0 Å². The van der Waals surface area contributed by atoms with E-state index in [4.69, 9.17) is 5.11 Å². The minimum atomic E-state index is -5.10. The molecule has 1 N–H and O–H groups in total. The third kappa shape index (κ3) is 3.15. The van der Waals surface area contributed by atoms with E-state index in [1.165, 1.54) is 0 Å². The normalized spacial score (nSPS) is 22.4. The minimum absolute atomic E-state index is 0.0737. The molecule has 114 valence electrons. The van der Waals surface area contributed by atoms with Gasteiger partial charge in [0, 0.05) is 5.75 Å². The van der Waals surface area contributed by atoms with Crippen LogP contribution in [-0.2, 0) is 9.59 Å². The molecule has 1 aromatic carbocycles. The number of carbonyl (C=O) groups is 2. The topological polar surface area (TPSA) is 57.6 Å². The highest BCUT2D eigenvalue weighted by molar-refractivity contribution is 7.99. The molecule has 1 aliphatic heterocycles. The van der Waals surface area contributed by atoms with Crippen LogP contribution in [0.25, 0.3) is 0 Å². The maximum absolute atomic E-state index is 12.7. The lowest BCUT2D eigenvalue weighted by Crippen LogP contribution is -2.48. The summed E-state index contributed by atoms with van der Waals surface area (Å²) in [6, 6.07) is 5.15. The first kappa shape index (κ1) is 15.7. The summed E-state index contributed by atoms with van der Waals surface area (Å²) in [6.07, 6.45) is -5.10. The summed E-state index contributed by atoms with van der Waals surface area (Å²) in [5.74, 6) is -3.63. The second-order valence-electron chi connectivity index (χ2n) is 4.66. The Labute approximate surface area is 122 Å². The van der Waals surface area contributed by atoms with E-state index < -0.39 is 29.5 Å². The number of benzene rings is 1. The smallest absolute Gasteiger partial charge is 0.471 e. The predicted octanol–water partition coefficient (Wildman–Crippen LogP) is 2.58. The number of aliphatic carboxylic acids is 1. The first-order valence-electron chi connectivity index (χ1n) is 6.02. The summed E-state index contributed by atoms with van der Waals surface area (Å²) in [4.78, 5) is 23.1. The number of carbonyl (C=O) groups excluding carboxylic acids is 1. The SMILES string of the molecule is Cc1ccc([C@H]2SC[C@@H](C(=O)O)N2C(=O)C(F)(F)F)cc1. The van der Waals surface area contributed by atoms with Gasteiger partial charge in [-0.15, -0.1) is 11.8 Å².